The van der Waals surface area contributed by atoms with E-state index in [0.29, 0.717) is 26.2 Å². The third kappa shape index (κ3) is 1.83. The lowest BCUT2D eigenvalue weighted by Crippen LogP contribution is -2.49. The largest absolute Gasteiger partial charge is 0.351 e. The Morgan fingerprint density at radius 2 is 1.82 bits per heavy atom. The third-order valence-corrected chi connectivity index (χ3v) is 1.72. The fraction of sp³-hybridized carbons (Fsp3) is 0.667. The van der Waals surface area contributed by atoms with Gasteiger partial charge in [0.05, 0.1) is 0 Å². The lowest BCUT2D eigenvalue weighted by Gasteiger charge is -2.30. The fourth-order valence-electron chi connectivity index (χ4n) is 1.02. The number of primary amides is 1. The molecule has 0 saturated carbocycles. The highest BCUT2D eigenvalue weighted by atomic mass is 16.2. The molecule has 5 heteroatoms. The molecule has 0 bridgehead atoms. The highest BCUT2D eigenvalue weighted by molar-refractivity contribution is 5.72. The molecule has 3 amide bonds. The molecule has 0 aromatic rings. The standard InChI is InChI=1S/C6H10N3O2/c7-6(11)9-3-1-8(5-10)2-4-9/h1-4H2,(H2,7,11). The van der Waals surface area contributed by atoms with Crippen LogP contribution in [0.5, 0.6) is 0 Å². The molecule has 0 spiro atoms. The molecule has 1 fully saturated rings. The van der Waals surface area contributed by atoms with E-state index in [1.807, 2.05) is 0 Å². The van der Waals surface area contributed by atoms with E-state index in [1.165, 1.54) is 9.80 Å². The van der Waals surface area contributed by atoms with Crippen molar-refractivity contribution < 1.29 is 9.59 Å². The van der Waals surface area contributed by atoms with Gasteiger partial charge in [-0.25, -0.2) is 4.79 Å². The Balaban J connectivity index is 2.35. The van der Waals surface area contributed by atoms with Gasteiger partial charge >= 0.3 is 12.4 Å². The molecule has 1 heterocycles. The molecule has 1 radical (unpaired) electrons. The molecule has 2 N–H and O–H groups in total. The summed E-state index contributed by atoms with van der Waals surface area (Å²) in [7, 11) is 0. The summed E-state index contributed by atoms with van der Waals surface area (Å²) in [4.78, 5) is 23.7. The first-order valence-electron chi connectivity index (χ1n) is 3.41. The zero-order valence-electron chi connectivity index (χ0n) is 6.12. The van der Waals surface area contributed by atoms with Crippen LogP contribution in [0.25, 0.3) is 0 Å². The van der Waals surface area contributed by atoms with Crippen LogP contribution in [0.1, 0.15) is 0 Å². The predicted octanol–water partition coefficient (Wildman–Crippen LogP) is -1.25. The maximum absolute atomic E-state index is 10.6. The van der Waals surface area contributed by atoms with Crippen LogP contribution in [-0.2, 0) is 4.79 Å². The number of hydrogen-bond donors (Lipinski definition) is 1. The fourth-order valence-corrected chi connectivity index (χ4v) is 1.02. The molecule has 0 aliphatic carbocycles. The molecule has 1 aliphatic rings. The average Bonchev–Trinajstić information content (AvgIpc) is 2.05. The maximum atomic E-state index is 10.6. The summed E-state index contributed by atoms with van der Waals surface area (Å²) in [6, 6.07) is -0.421. The smallest absolute Gasteiger partial charge is 0.314 e. The van der Waals surface area contributed by atoms with Crippen molar-refractivity contribution >= 4 is 12.4 Å². The van der Waals surface area contributed by atoms with E-state index in [9.17, 15) is 9.59 Å². The Morgan fingerprint density at radius 1 is 1.27 bits per heavy atom. The number of nitrogens with zero attached hydrogens (tertiary/aromatic N) is 2. The number of piperazine rings is 1. The molecular formula is C6H10N3O2. The van der Waals surface area contributed by atoms with Crippen LogP contribution in [0.3, 0.4) is 0 Å². The highest BCUT2D eigenvalue weighted by Crippen LogP contribution is 1.97. The Morgan fingerprint density at radius 3 is 2.18 bits per heavy atom. The molecule has 0 aromatic heterocycles. The van der Waals surface area contributed by atoms with Crippen molar-refractivity contribution in [3.05, 3.63) is 0 Å². The van der Waals surface area contributed by atoms with Crippen molar-refractivity contribution in [3.8, 4) is 0 Å². The topological polar surface area (TPSA) is 66.6 Å². The number of hydrogen-bond acceptors (Lipinski definition) is 2. The van der Waals surface area contributed by atoms with Gasteiger partial charge in [0.25, 0.3) is 0 Å². The van der Waals surface area contributed by atoms with Crippen molar-refractivity contribution in [2.24, 2.45) is 5.73 Å². The minimum atomic E-state index is -0.421. The summed E-state index contributed by atoms with van der Waals surface area (Å²) >= 11 is 0. The lowest BCUT2D eigenvalue weighted by molar-refractivity contribution is 0.176. The number of urea groups is 1. The molecule has 0 aromatic carbocycles. The number of carbonyl (C=O) groups excluding carboxylic acids is 2. The molecule has 5 nitrogen and oxygen atoms in total. The minimum Gasteiger partial charge on any atom is -0.351 e. The van der Waals surface area contributed by atoms with E-state index in [2.05, 4.69) is 0 Å². The first kappa shape index (κ1) is 7.84. The van der Waals surface area contributed by atoms with Gasteiger partial charge < -0.3 is 15.5 Å². The van der Waals surface area contributed by atoms with Gasteiger partial charge in [-0.05, 0) is 0 Å². The van der Waals surface area contributed by atoms with Crippen LogP contribution in [0, 0.1) is 0 Å². The van der Waals surface area contributed by atoms with Gasteiger partial charge in [0.1, 0.15) is 0 Å². The summed E-state index contributed by atoms with van der Waals surface area (Å²) < 4.78 is 0. The first-order chi connectivity index (χ1) is 5.24. The van der Waals surface area contributed by atoms with Crippen molar-refractivity contribution in [2.45, 2.75) is 0 Å². The van der Waals surface area contributed by atoms with E-state index in [4.69, 9.17) is 5.73 Å². The Labute approximate surface area is 64.7 Å². The number of carbonyl (C=O) groups is 1. The van der Waals surface area contributed by atoms with Gasteiger partial charge in [0, 0.05) is 26.2 Å². The van der Waals surface area contributed by atoms with Crippen LogP contribution in [0.15, 0.2) is 0 Å². The second-order valence-corrected chi connectivity index (χ2v) is 2.40. The van der Waals surface area contributed by atoms with E-state index in [0.717, 1.165) is 0 Å². The Bertz CT molecular complexity index is 163. The summed E-state index contributed by atoms with van der Waals surface area (Å²) in [6.45, 7) is 2.11. The number of nitrogens with two attached hydrogens (primary N) is 1. The summed E-state index contributed by atoms with van der Waals surface area (Å²) in [5, 5.41) is 0. The summed E-state index contributed by atoms with van der Waals surface area (Å²) in [5.74, 6) is 0. The third-order valence-electron chi connectivity index (χ3n) is 1.72. The minimum absolute atomic E-state index is 0.421. The molecule has 11 heavy (non-hydrogen) atoms. The van der Waals surface area contributed by atoms with Crippen LogP contribution in [-0.4, -0.2) is 48.4 Å². The number of rotatable bonds is 1. The van der Waals surface area contributed by atoms with Gasteiger partial charge in [-0.1, -0.05) is 0 Å². The van der Waals surface area contributed by atoms with Crippen molar-refractivity contribution in [1.82, 2.24) is 9.80 Å². The van der Waals surface area contributed by atoms with Crippen LogP contribution < -0.4 is 5.73 Å². The van der Waals surface area contributed by atoms with E-state index in [1.54, 1.807) is 6.41 Å². The highest BCUT2D eigenvalue weighted by Gasteiger charge is 2.17. The molecule has 1 saturated heterocycles. The van der Waals surface area contributed by atoms with Gasteiger partial charge in [0.2, 0.25) is 0 Å². The summed E-state index contributed by atoms with van der Waals surface area (Å²) in [6.07, 6.45) is 1.77. The van der Waals surface area contributed by atoms with Crippen molar-refractivity contribution in [1.29, 1.82) is 0 Å². The van der Waals surface area contributed by atoms with Crippen LogP contribution >= 0.6 is 0 Å². The van der Waals surface area contributed by atoms with Gasteiger partial charge in [-0.15, -0.1) is 0 Å². The Kier molecular flexibility index (Phi) is 2.30. The quantitative estimate of drug-likeness (QED) is 0.515. The molecule has 0 atom stereocenters. The second-order valence-electron chi connectivity index (χ2n) is 2.40. The van der Waals surface area contributed by atoms with Crippen molar-refractivity contribution in [3.63, 3.8) is 0 Å². The van der Waals surface area contributed by atoms with Crippen molar-refractivity contribution in [2.75, 3.05) is 26.2 Å². The van der Waals surface area contributed by atoms with Crippen LogP contribution in [0.2, 0.25) is 0 Å². The predicted molar refractivity (Wildman–Crippen MR) is 38.4 cm³/mol. The van der Waals surface area contributed by atoms with E-state index >= 15 is 0 Å². The molecule has 1 aliphatic heterocycles. The Hall–Kier alpha value is -1.26. The van der Waals surface area contributed by atoms with Gasteiger partial charge in [-0.3, -0.25) is 4.79 Å². The summed E-state index contributed by atoms with van der Waals surface area (Å²) in [5.41, 5.74) is 5.02. The molecule has 61 valence electrons. The normalized spacial score (nSPS) is 18.2. The lowest BCUT2D eigenvalue weighted by atomic mass is 10.3. The molecular weight excluding hydrogens is 146 g/mol. The zero-order chi connectivity index (χ0) is 8.27. The number of amides is 3. The molecule has 0 unspecified atom stereocenters. The first-order valence-corrected chi connectivity index (χ1v) is 3.41. The maximum Gasteiger partial charge on any atom is 0.314 e. The average molecular weight is 156 g/mol. The van der Waals surface area contributed by atoms with Gasteiger partial charge in [0.15, 0.2) is 0 Å². The zero-order valence-corrected chi connectivity index (χ0v) is 6.12. The SMILES string of the molecule is NC(=O)N1CCN([C]=O)CC1. The van der Waals surface area contributed by atoms with E-state index < -0.39 is 6.03 Å². The second kappa shape index (κ2) is 3.23. The van der Waals surface area contributed by atoms with Crippen LogP contribution in [0.4, 0.5) is 4.79 Å². The molecule has 1 rings (SSSR count). The monoisotopic (exact) mass is 156 g/mol. The van der Waals surface area contributed by atoms with E-state index in [-0.39, 0.29) is 0 Å². The van der Waals surface area contributed by atoms with Gasteiger partial charge in [-0.2, -0.15) is 0 Å².